The molecule has 2 saturated carbocycles. The average Bonchev–Trinajstić information content (AvgIpc) is 3.93. The maximum Gasteiger partial charge on any atom is 0.407 e. The van der Waals surface area contributed by atoms with Crippen LogP contribution in [-0.2, 0) is 19.1 Å². The number of likely N-dealkylation sites (tertiary alicyclic amines) is 2. The van der Waals surface area contributed by atoms with Crippen molar-refractivity contribution in [1.29, 1.82) is 0 Å². The number of methoxy groups -OCH3 is 1. The predicted molar refractivity (Wildman–Crippen MR) is 234 cm³/mol. The summed E-state index contributed by atoms with van der Waals surface area (Å²) in [5.41, 5.74) is 5.38. The number of ether oxygens (including phenoxy) is 2. The molecule has 5 aliphatic rings. The fraction of sp³-hybridized carbons (Fsp3) is 0.447. The molecule has 5 fully saturated rings. The minimum atomic E-state index is -1.22. The van der Waals surface area contributed by atoms with Gasteiger partial charge in [0.05, 0.1) is 30.6 Å². The quantitative estimate of drug-likeness (QED) is 0.0884. The molecule has 4 amide bonds. The first-order valence-electron chi connectivity index (χ1n) is 22.0. The van der Waals surface area contributed by atoms with Gasteiger partial charge in [-0.15, -0.1) is 0 Å². The van der Waals surface area contributed by atoms with Crippen LogP contribution in [0.5, 0.6) is 0 Å². The number of carbonyl (C=O) groups excluding carboxylic acids is 3. The van der Waals surface area contributed by atoms with Gasteiger partial charge in [0.2, 0.25) is 11.8 Å². The van der Waals surface area contributed by atoms with E-state index in [1.165, 1.54) is 7.11 Å². The molecule has 5 N–H and O–H groups in total. The van der Waals surface area contributed by atoms with E-state index in [-0.39, 0.29) is 47.8 Å². The van der Waals surface area contributed by atoms with Crippen LogP contribution < -0.4 is 10.6 Å². The zero-order chi connectivity index (χ0) is 43.7. The Hall–Kier alpha value is -5.93. The zero-order valence-electron chi connectivity index (χ0n) is 35.3. The third-order valence-electron chi connectivity index (χ3n) is 13.9. The van der Waals surface area contributed by atoms with E-state index in [9.17, 15) is 24.3 Å². The normalized spacial score (nSPS) is 24.8. The number of carboxylic acid groups (broad SMARTS) is 1. The SMILES string of the molecule is COC(=O)N[C@H](C(=O)N1[C@@H]2C[C@H]2C[C@H]1c1nc(-c2ccc3cc(-c4ccc(-c5[nH]c([C@@H]6C[C@H]7C[C@H]7N6C(=O)[C@@H](NC(=O)O)C(C)C)nc5Cl)cc4)ccc3c2)c[nH]1)C1CCOCC1. The van der Waals surface area contributed by atoms with Gasteiger partial charge in [-0.2, -0.15) is 0 Å². The van der Waals surface area contributed by atoms with Crippen LogP contribution in [0.15, 0.2) is 66.9 Å². The summed E-state index contributed by atoms with van der Waals surface area (Å²) in [6, 6.07) is 19.0. The lowest BCUT2D eigenvalue weighted by Gasteiger charge is -2.35. The van der Waals surface area contributed by atoms with Gasteiger partial charge in [-0.3, -0.25) is 9.59 Å². The third-order valence-corrected chi connectivity index (χ3v) is 14.2. The van der Waals surface area contributed by atoms with Crippen LogP contribution in [0.4, 0.5) is 9.59 Å². The predicted octanol–water partition coefficient (Wildman–Crippen LogP) is 7.71. The minimum absolute atomic E-state index is 0.0284. The number of halogens is 1. The number of benzene rings is 3. The number of H-pyrrole nitrogens is 2. The minimum Gasteiger partial charge on any atom is -0.465 e. The highest BCUT2D eigenvalue weighted by Crippen LogP contribution is 2.55. The van der Waals surface area contributed by atoms with Gasteiger partial charge in [-0.25, -0.2) is 19.6 Å². The van der Waals surface area contributed by atoms with Crippen molar-refractivity contribution in [3.8, 4) is 33.6 Å². The number of rotatable bonds is 11. The van der Waals surface area contributed by atoms with Crippen molar-refractivity contribution in [2.24, 2.45) is 23.7 Å². The van der Waals surface area contributed by atoms with E-state index in [1.807, 2.05) is 42.0 Å². The summed E-state index contributed by atoms with van der Waals surface area (Å²) < 4.78 is 10.5. The topological polar surface area (TPSA) is 195 Å². The Morgan fingerprint density at radius 2 is 1.40 bits per heavy atom. The van der Waals surface area contributed by atoms with E-state index in [2.05, 4.69) is 74.1 Å². The van der Waals surface area contributed by atoms with Crippen LogP contribution in [0.3, 0.4) is 0 Å². The maximum atomic E-state index is 14.2. The Balaban J connectivity index is 0.834. The fourth-order valence-electron chi connectivity index (χ4n) is 10.4. The molecule has 5 aromatic rings. The summed E-state index contributed by atoms with van der Waals surface area (Å²) in [6.07, 6.45) is 4.93. The van der Waals surface area contributed by atoms with Crippen molar-refractivity contribution in [1.82, 2.24) is 40.4 Å². The number of piperidine rings is 2. The van der Waals surface area contributed by atoms with Crippen LogP contribution >= 0.6 is 11.6 Å². The molecule has 3 aliphatic heterocycles. The van der Waals surface area contributed by atoms with Crippen molar-refractivity contribution < 1.29 is 33.8 Å². The number of amides is 4. The second-order valence-electron chi connectivity index (χ2n) is 18.2. The van der Waals surface area contributed by atoms with Gasteiger partial charge >= 0.3 is 12.2 Å². The lowest BCUT2D eigenvalue weighted by molar-refractivity contribution is -0.138. The Kier molecular flexibility index (Phi) is 10.6. The summed E-state index contributed by atoms with van der Waals surface area (Å²) in [5, 5.41) is 17.1. The molecule has 2 aliphatic carbocycles. The van der Waals surface area contributed by atoms with E-state index in [0.717, 1.165) is 70.2 Å². The molecule has 63 heavy (non-hydrogen) atoms. The van der Waals surface area contributed by atoms with Crippen molar-refractivity contribution >= 4 is 46.4 Å². The summed E-state index contributed by atoms with van der Waals surface area (Å²) >= 11 is 6.73. The van der Waals surface area contributed by atoms with Gasteiger partial charge in [-0.05, 0) is 96.2 Å². The van der Waals surface area contributed by atoms with Crippen LogP contribution in [0.1, 0.15) is 76.1 Å². The van der Waals surface area contributed by atoms with E-state index in [0.29, 0.717) is 54.6 Å². The molecular weight excluding hydrogens is 824 g/mol. The van der Waals surface area contributed by atoms with E-state index < -0.39 is 24.3 Å². The highest BCUT2D eigenvalue weighted by atomic mass is 35.5. The molecule has 3 aromatic carbocycles. The Morgan fingerprint density at radius 3 is 2.05 bits per heavy atom. The van der Waals surface area contributed by atoms with Crippen molar-refractivity contribution in [2.45, 2.75) is 88.6 Å². The van der Waals surface area contributed by atoms with Crippen LogP contribution in [0, 0.1) is 23.7 Å². The maximum absolute atomic E-state index is 14.2. The summed E-state index contributed by atoms with van der Waals surface area (Å²) in [5.74, 6) is 1.60. The van der Waals surface area contributed by atoms with Crippen LogP contribution in [0.2, 0.25) is 5.15 Å². The lowest BCUT2D eigenvalue weighted by atomic mass is 9.90. The van der Waals surface area contributed by atoms with E-state index in [4.69, 9.17) is 26.1 Å². The molecule has 16 heteroatoms. The highest BCUT2D eigenvalue weighted by Gasteiger charge is 2.58. The van der Waals surface area contributed by atoms with Gasteiger partial charge in [0.1, 0.15) is 23.7 Å². The second kappa shape index (κ2) is 16.3. The molecule has 10 rings (SSSR count). The monoisotopic (exact) mass is 874 g/mol. The third kappa shape index (κ3) is 7.79. The number of hydrogen-bond donors (Lipinski definition) is 5. The largest absolute Gasteiger partial charge is 0.465 e. The fourth-order valence-corrected chi connectivity index (χ4v) is 10.7. The highest BCUT2D eigenvalue weighted by molar-refractivity contribution is 6.32. The van der Waals surface area contributed by atoms with Crippen LogP contribution in [-0.4, -0.2) is 103 Å². The molecule has 0 radical (unpaired) electrons. The first-order chi connectivity index (χ1) is 30.4. The Morgan fingerprint density at radius 1 is 0.794 bits per heavy atom. The summed E-state index contributed by atoms with van der Waals surface area (Å²) in [6.45, 7) is 4.79. The zero-order valence-corrected chi connectivity index (χ0v) is 36.1. The Labute approximate surface area is 369 Å². The van der Waals surface area contributed by atoms with Gasteiger partial charge in [-0.1, -0.05) is 74.0 Å². The molecule has 3 saturated heterocycles. The number of nitrogens with one attached hydrogen (secondary N) is 4. The number of nitrogens with zero attached hydrogens (tertiary/aromatic N) is 4. The summed E-state index contributed by atoms with van der Waals surface area (Å²) in [7, 11) is 1.32. The van der Waals surface area contributed by atoms with Gasteiger partial charge in [0.25, 0.3) is 0 Å². The molecule has 5 heterocycles. The molecule has 8 atom stereocenters. The van der Waals surface area contributed by atoms with Gasteiger partial charge in [0.15, 0.2) is 5.15 Å². The van der Waals surface area contributed by atoms with E-state index in [1.54, 1.807) is 0 Å². The summed E-state index contributed by atoms with van der Waals surface area (Å²) in [4.78, 5) is 72.1. The molecule has 15 nitrogen and oxygen atoms in total. The second-order valence-corrected chi connectivity index (χ2v) is 18.5. The van der Waals surface area contributed by atoms with Crippen molar-refractivity contribution in [3.05, 3.63) is 83.7 Å². The first kappa shape index (κ1) is 41.1. The molecule has 2 aromatic heterocycles. The molecule has 0 spiro atoms. The Bertz CT molecular complexity index is 2590. The van der Waals surface area contributed by atoms with Gasteiger partial charge < -0.3 is 45.0 Å². The first-order valence-corrected chi connectivity index (χ1v) is 22.3. The molecule has 328 valence electrons. The van der Waals surface area contributed by atoms with Crippen molar-refractivity contribution in [2.75, 3.05) is 20.3 Å². The number of imidazole rings is 2. The number of aromatic nitrogens is 4. The molecule has 0 bridgehead atoms. The van der Waals surface area contributed by atoms with Crippen LogP contribution in [0.25, 0.3) is 44.4 Å². The van der Waals surface area contributed by atoms with Crippen molar-refractivity contribution in [3.63, 3.8) is 0 Å². The smallest absolute Gasteiger partial charge is 0.407 e. The average molecular weight is 875 g/mol. The number of alkyl carbamates (subject to hydrolysis) is 1. The van der Waals surface area contributed by atoms with E-state index >= 15 is 0 Å². The molecular formula is C47H51ClN8O7. The number of fused-ring (bicyclic) bond motifs is 3. The number of carbonyl (C=O) groups is 4. The standard InChI is InChI=1S/C47H51ClN8O7/c1-23(2)38(52-46(59)60)44(57)56-35-19-32(35)21-37(56)43-51-39(41(48)54-43)25-6-4-24(5-7-25)27-8-9-29-17-30(11-10-28(29)16-27)33-22-49-42(50-33)36-20-31-18-34(31)55(36)45(58)40(53-47(61)62-3)26-12-14-63-15-13-26/h4-11,16-17,22-23,26,31-32,34-38,40,52H,12-15,18-21H2,1-3H3,(H,49,50)(H,51,54)(H,53,61)(H,59,60)/t31-,32+,34+,35+,36-,37-,38-,40-/m0/s1. The lowest BCUT2D eigenvalue weighted by Crippen LogP contribution is -2.54. The molecule has 0 unspecified atom stereocenters. The number of aromatic amines is 2. The van der Waals surface area contributed by atoms with Gasteiger partial charge in [0, 0.05) is 42.6 Å². The number of hydrogen-bond acceptors (Lipinski definition) is 8.